The second-order valence-corrected chi connectivity index (χ2v) is 4.29. The first kappa shape index (κ1) is 8.17. The van der Waals surface area contributed by atoms with Crippen LogP contribution < -0.4 is 5.32 Å². The van der Waals surface area contributed by atoms with Gasteiger partial charge in [-0.05, 0) is 6.42 Å². The van der Waals surface area contributed by atoms with Crippen LogP contribution in [0, 0.1) is 0 Å². The number of aliphatic hydroxyl groups is 1. The lowest BCUT2D eigenvalue weighted by Gasteiger charge is -2.36. The third-order valence-corrected chi connectivity index (χ3v) is 3.34. The highest BCUT2D eigenvalue weighted by Crippen LogP contribution is 2.39. The zero-order chi connectivity index (χ0) is 8.89. The van der Waals surface area contributed by atoms with Crippen molar-refractivity contribution in [2.75, 3.05) is 13.2 Å². The molecule has 0 amide bonds. The number of fused-ring (bicyclic) bond motifs is 2. The molecule has 3 aliphatic rings. The van der Waals surface area contributed by atoms with Crippen molar-refractivity contribution >= 4 is 0 Å². The number of hydrogen-bond acceptors (Lipinski definition) is 4. The van der Waals surface area contributed by atoms with Crippen LogP contribution in [0.15, 0.2) is 0 Å². The minimum Gasteiger partial charge on any atom is -0.391 e. The van der Waals surface area contributed by atoms with Crippen LogP contribution in [0.25, 0.3) is 0 Å². The first-order valence-electron chi connectivity index (χ1n) is 4.99. The lowest BCUT2D eigenvalue weighted by atomic mass is 9.98. The van der Waals surface area contributed by atoms with E-state index in [9.17, 15) is 5.11 Å². The quantitative estimate of drug-likeness (QED) is 0.540. The van der Waals surface area contributed by atoms with Crippen LogP contribution in [0.5, 0.6) is 0 Å². The van der Waals surface area contributed by atoms with Gasteiger partial charge in [-0.25, -0.2) is 0 Å². The summed E-state index contributed by atoms with van der Waals surface area (Å²) in [4.78, 5) is 0. The van der Waals surface area contributed by atoms with Gasteiger partial charge in [0.2, 0.25) is 0 Å². The van der Waals surface area contributed by atoms with Crippen LogP contribution in [0.4, 0.5) is 0 Å². The summed E-state index contributed by atoms with van der Waals surface area (Å²) < 4.78 is 11.3. The fourth-order valence-electron chi connectivity index (χ4n) is 2.80. The van der Waals surface area contributed by atoms with Gasteiger partial charge in [-0.1, -0.05) is 0 Å². The van der Waals surface area contributed by atoms with Gasteiger partial charge in [0.25, 0.3) is 0 Å². The standard InChI is InChI=1S/C9H15NO3/c11-8-3-6-4-9(5-7(8)10-6)12-1-2-13-9/h6-8,10-11H,1-5H2. The lowest BCUT2D eigenvalue weighted by molar-refractivity contribution is -0.183. The normalized spacial score (nSPS) is 47.3. The Hall–Kier alpha value is -0.160. The zero-order valence-corrected chi connectivity index (χ0v) is 7.53. The van der Waals surface area contributed by atoms with E-state index in [2.05, 4.69) is 5.32 Å². The molecule has 3 aliphatic heterocycles. The average Bonchev–Trinajstić information content (AvgIpc) is 2.60. The maximum Gasteiger partial charge on any atom is 0.171 e. The molecule has 3 heterocycles. The van der Waals surface area contributed by atoms with Crippen LogP contribution in [-0.2, 0) is 9.47 Å². The van der Waals surface area contributed by atoms with Gasteiger partial charge >= 0.3 is 0 Å². The van der Waals surface area contributed by atoms with E-state index in [1.807, 2.05) is 0 Å². The molecule has 0 radical (unpaired) electrons. The minimum atomic E-state index is -0.363. The molecule has 3 saturated heterocycles. The van der Waals surface area contributed by atoms with E-state index in [1.54, 1.807) is 0 Å². The van der Waals surface area contributed by atoms with E-state index in [-0.39, 0.29) is 17.9 Å². The summed E-state index contributed by atoms with van der Waals surface area (Å²) in [5, 5.41) is 13.1. The first-order chi connectivity index (χ1) is 6.27. The van der Waals surface area contributed by atoms with Crippen LogP contribution >= 0.6 is 0 Å². The van der Waals surface area contributed by atoms with Crippen molar-refractivity contribution in [3.05, 3.63) is 0 Å². The maximum atomic E-state index is 9.67. The van der Waals surface area contributed by atoms with Gasteiger partial charge in [0, 0.05) is 24.9 Å². The molecule has 3 unspecified atom stereocenters. The highest BCUT2D eigenvalue weighted by atomic mass is 16.7. The second-order valence-electron chi connectivity index (χ2n) is 4.29. The molecule has 2 bridgehead atoms. The average molecular weight is 185 g/mol. The van der Waals surface area contributed by atoms with Gasteiger partial charge < -0.3 is 19.9 Å². The highest BCUT2D eigenvalue weighted by molar-refractivity contribution is 5.02. The summed E-state index contributed by atoms with van der Waals surface area (Å²) >= 11 is 0. The molecule has 3 atom stereocenters. The van der Waals surface area contributed by atoms with Crippen LogP contribution in [0.1, 0.15) is 19.3 Å². The highest BCUT2D eigenvalue weighted by Gasteiger charge is 2.50. The predicted octanol–water partition coefficient (Wildman–Crippen LogP) is -0.385. The van der Waals surface area contributed by atoms with Crippen molar-refractivity contribution in [2.24, 2.45) is 0 Å². The molecule has 74 valence electrons. The van der Waals surface area contributed by atoms with Gasteiger partial charge in [0.1, 0.15) is 0 Å². The fraction of sp³-hybridized carbons (Fsp3) is 1.00. The molecule has 0 aliphatic carbocycles. The zero-order valence-electron chi connectivity index (χ0n) is 7.53. The molecule has 0 aromatic carbocycles. The number of nitrogens with one attached hydrogen (secondary N) is 1. The van der Waals surface area contributed by atoms with E-state index in [1.165, 1.54) is 0 Å². The molecule has 2 N–H and O–H groups in total. The Balaban J connectivity index is 1.80. The summed E-state index contributed by atoms with van der Waals surface area (Å²) in [6.45, 7) is 1.41. The summed E-state index contributed by atoms with van der Waals surface area (Å²) in [6.07, 6.45) is 2.32. The Bertz CT molecular complexity index is 213. The summed E-state index contributed by atoms with van der Waals surface area (Å²) in [5.74, 6) is -0.363. The van der Waals surface area contributed by atoms with E-state index in [4.69, 9.17) is 9.47 Å². The Morgan fingerprint density at radius 1 is 1.23 bits per heavy atom. The van der Waals surface area contributed by atoms with Crippen molar-refractivity contribution in [3.8, 4) is 0 Å². The molecule has 0 aromatic heterocycles. The summed E-state index contributed by atoms with van der Waals surface area (Å²) in [7, 11) is 0. The number of ether oxygens (including phenoxy) is 2. The van der Waals surface area contributed by atoms with Crippen LogP contribution in [0.2, 0.25) is 0 Å². The Morgan fingerprint density at radius 3 is 2.69 bits per heavy atom. The molecule has 0 aromatic rings. The van der Waals surface area contributed by atoms with E-state index in [0.717, 1.165) is 19.3 Å². The van der Waals surface area contributed by atoms with Gasteiger partial charge in [0.05, 0.1) is 19.3 Å². The van der Waals surface area contributed by atoms with Gasteiger partial charge in [-0.15, -0.1) is 0 Å². The number of aliphatic hydroxyl groups excluding tert-OH is 1. The molecule has 1 spiro atoms. The monoisotopic (exact) mass is 185 g/mol. The largest absolute Gasteiger partial charge is 0.391 e. The number of hydrogen-bond donors (Lipinski definition) is 2. The molecular formula is C9H15NO3. The van der Waals surface area contributed by atoms with Gasteiger partial charge in [-0.3, -0.25) is 0 Å². The third-order valence-electron chi connectivity index (χ3n) is 3.34. The van der Waals surface area contributed by atoms with Gasteiger partial charge in [0.15, 0.2) is 5.79 Å². The first-order valence-corrected chi connectivity index (χ1v) is 4.99. The van der Waals surface area contributed by atoms with Crippen LogP contribution in [0.3, 0.4) is 0 Å². The molecule has 4 nitrogen and oxygen atoms in total. The molecule has 3 fully saturated rings. The molecule has 0 saturated carbocycles. The Labute approximate surface area is 77.2 Å². The molecule has 13 heavy (non-hydrogen) atoms. The number of rotatable bonds is 0. The van der Waals surface area contributed by atoms with Crippen molar-refractivity contribution < 1.29 is 14.6 Å². The fourth-order valence-corrected chi connectivity index (χ4v) is 2.80. The van der Waals surface area contributed by atoms with E-state index in [0.29, 0.717) is 19.3 Å². The molecule has 3 rings (SSSR count). The molecular weight excluding hydrogens is 170 g/mol. The maximum absolute atomic E-state index is 9.67. The van der Waals surface area contributed by atoms with E-state index >= 15 is 0 Å². The SMILES string of the molecule is OC1CC2CC3(CC1N2)OCCO3. The Kier molecular flexibility index (Phi) is 1.68. The second kappa shape index (κ2) is 2.67. The number of piperidine rings is 1. The van der Waals surface area contributed by atoms with Crippen molar-refractivity contribution in [1.82, 2.24) is 5.32 Å². The molecule has 4 heteroatoms. The topological polar surface area (TPSA) is 50.7 Å². The summed E-state index contributed by atoms with van der Waals surface area (Å²) in [6, 6.07) is 0.559. The van der Waals surface area contributed by atoms with Crippen molar-refractivity contribution in [3.63, 3.8) is 0 Å². The van der Waals surface area contributed by atoms with Crippen molar-refractivity contribution in [2.45, 2.75) is 43.2 Å². The van der Waals surface area contributed by atoms with Crippen LogP contribution in [-0.4, -0.2) is 42.3 Å². The minimum absolute atomic E-state index is 0.178. The van der Waals surface area contributed by atoms with Gasteiger partial charge in [-0.2, -0.15) is 0 Å². The third kappa shape index (κ3) is 1.21. The Morgan fingerprint density at radius 2 is 2.00 bits per heavy atom. The predicted molar refractivity (Wildman–Crippen MR) is 45.2 cm³/mol. The smallest absolute Gasteiger partial charge is 0.171 e. The van der Waals surface area contributed by atoms with Crippen molar-refractivity contribution in [1.29, 1.82) is 0 Å². The lowest BCUT2D eigenvalue weighted by Crippen LogP contribution is -2.50. The summed E-state index contributed by atoms with van der Waals surface area (Å²) in [5.41, 5.74) is 0. The van der Waals surface area contributed by atoms with E-state index < -0.39 is 0 Å².